The summed E-state index contributed by atoms with van der Waals surface area (Å²) in [4.78, 5) is 26.4. The first-order valence-electron chi connectivity index (χ1n) is 10.2. The molecule has 0 saturated carbocycles. The number of benzene rings is 1. The van der Waals surface area contributed by atoms with Crippen molar-refractivity contribution in [3.05, 3.63) is 40.3 Å². The second-order valence-corrected chi connectivity index (χ2v) is 10.7. The van der Waals surface area contributed by atoms with Gasteiger partial charge in [-0.2, -0.15) is 4.31 Å². The summed E-state index contributed by atoms with van der Waals surface area (Å²) < 4.78 is 32.7. The van der Waals surface area contributed by atoms with Crippen LogP contribution in [0.5, 0.6) is 5.75 Å². The molecule has 0 spiro atoms. The average molecular weight is 464 g/mol. The minimum atomic E-state index is -3.85. The molecule has 2 amide bonds. The number of carbonyl (C=O) groups excluding carboxylic acids is 2. The molecule has 2 aromatic rings. The second kappa shape index (κ2) is 8.60. The minimum Gasteiger partial charge on any atom is -0.497 e. The molecule has 1 saturated heterocycles. The van der Waals surface area contributed by atoms with Gasteiger partial charge in [0.05, 0.1) is 17.6 Å². The van der Waals surface area contributed by atoms with Crippen LogP contribution in [0.2, 0.25) is 0 Å². The number of amides is 2. The van der Waals surface area contributed by atoms with E-state index < -0.39 is 27.9 Å². The van der Waals surface area contributed by atoms with Gasteiger partial charge in [-0.3, -0.25) is 9.59 Å². The highest BCUT2D eigenvalue weighted by Gasteiger charge is 2.40. The molecule has 8 nitrogen and oxygen atoms in total. The van der Waals surface area contributed by atoms with Gasteiger partial charge < -0.3 is 15.8 Å². The lowest BCUT2D eigenvalue weighted by Gasteiger charge is -2.23. The van der Waals surface area contributed by atoms with Gasteiger partial charge in [0.25, 0.3) is 5.91 Å². The monoisotopic (exact) mass is 463 g/mol. The Balaban J connectivity index is 1.59. The van der Waals surface area contributed by atoms with Crippen LogP contribution < -0.4 is 15.8 Å². The Morgan fingerprint density at radius 2 is 1.87 bits per heavy atom. The van der Waals surface area contributed by atoms with Gasteiger partial charge in [-0.25, -0.2) is 8.42 Å². The second-order valence-electron chi connectivity index (χ2n) is 7.72. The summed E-state index contributed by atoms with van der Waals surface area (Å²) >= 11 is 1.37. The van der Waals surface area contributed by atoms with Crippen LogP contribution in [0.3, 0.4) is 0 Å². The Labute approximate surface area is 185 Å². The van der Waals surface area contributed by atoms with Gasteiger partial charge in [-0.1, -0.05) is 0 Å². The summed E-state index contributed by atoms with van der Waals surface area (Å²) in [6.07, 6.45) is 4.64. The third-order valence-electron chi connectivity index (χ3n) is 5.83. The van der Waals surface area contributed by atoms with Crippen molar-refractivity contribution in [2.45, 2.75) is 49.5 Å². The molecule has 1 aliphatic carbocycles. The number of anilines is 1. The Kier molecular flexibility index (Phi) is 6.05. The molecule has 1 aliphatic heterocycles. The molecular formula is C21H25N3O5S2. The molecule has 2 heterocycles. The van der Waals surface area contributed by atoms with Crippen LogP contribution in [0.15, 0.2) is 29.2 Å². The topological polar surface area (TPSA) is 119 Å². The van der Waals surface area contributed by atoms with Crippen molar-refractivity contribution < 1.29 is 22.7 Å². The van der Waals surface area contributed by atoms with E-state index in [1.54, 1.807) is 12.1 Å². The van der Waals surface area contributed by atoms with Crippen LogP contribution in [0, 0.1) is 0 Å². The summed E-state index contributed by atoms with van der Waals surface area (Å²) in [6, 6.07) is 5.26. The first kappa shape index (κ1) is 21.8. The van der Waals surface area contributed by atoms with Gasteiger partial charge in [-0.05, 0) is 68.4 Å². The SMILES string of the molecule is COc1ccc(S(=O)(=O)N2CCCC2C(=O)Nc2sc3c(c2C(N)=O)CCCC3)cc1. The molecule has 0 radical (unpaired) electrons. The highest BCUT2D eigenvalue weighted by Crippen LogP contribution is 2.38. The van der Waals surface area contributed by atoms with Crippen LogP contribution in [0.1, 0.15) is 46.5 Å². The zero-order valence-electron chi connectivity index (χ0n) is 17.2. The fraction of sp³-hybridized carbons (Fsp3) is 0.429. The van der Waals surface area contributed by atoms with E-state index in [0.717, 1.165) is 36.1 Å². The van der Waals surface area contributed by atoms with Crippen LogP contribution in [0.25, 0.3) is 0 Å². The Hall–Kier alpha value is -2.43. The standard InChI is InChI=1S/C21H25N3O5S2/c1-29-13-8-10-14(11-9-13)31(27,28)24-12-4-6-16(24)20(26)23-21-18(19(22)25)15-5-2-3-7-17(15)30-21/h8-11,16H,2-7,12H2,1H3,(H2,22,25)(H,23,26). The number of methoxy groups -OCH3 is 1. The quantitative estimate of drug-likeness (QED) is 0.682. The Bertz CT molecular complexity index is 1110. The van der Waals surface area contributed by atoms with E-state index in [4.69, 9.17) is 10.5 Å². The molecule has 4 rings (SSSR count). The summed E-state index contributed by atoms with van der Waals surface area (Å²) in [5.74, 6) is -0.449. The molecule has 0 bridgehead atoms. The third-order valence-corrected chi connectivity index (χ3v) is 8.96. The van der Waals surface area contributed by atoms with Crippen molar-refractivity contribution in [3.8, 4) is 5.75 Å². The van der Waals surface area contributed by atoms with Gasteiger partial charge in [0.2, 0.25) is 15.9 Å². The highest BCUT2D eigenvalue weighted by molar-refractivity contribution is 7.89. The Morgan fingerprint density at radius 1 is 1.16 bits per heavy atom. The van der Waals surface area contributed by atoms with E-state index in [2.05, 4.69) is 5.32 Å². The van der Waals surface area contributed by atoms with Crippen molar-refractivity contribution in [1.29, 1.82) is 0 Å². The normalized spacial score (nSPS) is 19.1. The number of hydrogen-bond acceptors (Lipinski definition) is 6. The van der Waals surface area contributed by atoms with Gasteiger partial charge in [-0.15, -0.1) is 11.3 Å². The zero-order chi connectivity index (χ0) is 22.2. The van der Waals surface area contributed by atoms with Crippen LogP contribution in [0.4, 0.5) is 5.00 Å². The lowest BCUT2D eigenvalue weighted by molar-refractivity contribution is -0.119. The number of nitrogens with zero attached hydrogens (tertiary/aromatic N) is 1. The van der Waals surface area contributed by atoms with E-state index in [9.17, 15) is 18.0 Å². The number of hydrogen-bond donors (Lipinski definition) is 2. The number of carbonyl (C=O) groups is 2. The third kappa shape index (κ3) is 4.07. The maximum Gasteiger partial charge on any atom is 0.251 e. The van der Waals surface area contributed by atoms with Gasteiger partial charge in [0.1, 0.15) is 16.8 Å². The predicted molar refractivity (Wildman–Crippen MR) is 118 cm³/mol. The molecule has 1 unspecified atom stereocenters. The van der Waals surface area contributed by atoms with E-state index in [1.807, 2.05) is 0 Å². The van der Waals surface area contributed by atoms with Gasteiger partial charge >= 0.3 is 0 Å². The number of nitrogens with one attached hydrogen (secondary N) is 1. The first-order valence-corrected chi connectivity index (χ1v) is 12.5. The summed E-state index contributed by atoms with van der Waals surface area (Å²) in [5.41, 5.74) is 6.90. The molecule has 166 valence electrons. The number of aryl methyl sites for hydroxylation is 1. The molecule has 10 heteroatoms. The van der Waals surface area contributed by atoms with E-state index in [1.165, 1.54) is 34.9 Å². The number of ether oxygens (including phenoxy) is 1. The van der Waals surface area contributed by atoms with E-state index in [-0.39, 0.29) is 11.4 Å². The molecule has 3 N–H and O–H groups in total. The molecule has 31 heavy (non-hydrogen) atoms. The van der Waals surface area contributed by atoms with E-state index >= 15 is 0 Å². The lowest BCUT2D eigenvalue weighted by atomic mass is 9.95. The number of sulfonamides is 1. The largest absolute Gasteiger partial charge is 0.497 e. The smallest absolute Gasteiger partial charge is 0.251 e. The highest BCUT2D eigenvalue weighted by atomic mass is 32.2. The van der Waals surface area contributed by atoms with Crippen molar-refractivity contribution in [2.75, 3.05) is 19.0 Å². The van der Waals surface area contributed by atoms with Gasteiger partial charge in [0.15, 0.2) is 0 Å². The zero-order valence-corrected chi connectivity index (χ0v) is 18.9. The maximum atomic E-state index is 13.2. The molecule has 2 aliphatic rings. The number of rotatable bonds is 6. The number of primary amides is 1. The van der Waals surface area contributed by atoms with Crippen LogP contribution in [-0.4, -0.2) is 44.2 Å². The predicted octanol–water partition coefficient (Wildman–Crippen LogP) is 2.53. The number of fused-ring (bicyclic) bond motifs is 1. The van der Waals surface area contributed by atoms with Crippen molar-refractivity contribution in [2.24, 2.45) is 5.73 Å². The average Bonchev–Trinajstić information content (AvgIpc) is 3.39. The minimum absolute atomic E-state index is 0.109. The first-order chi connectivity index (χ1) is 14.8. The summed E-state index contributed by atoms with van der Waals surface area (Å²) in [5, 5.41) is 3.24. The molecule has 1 aromatic carbocycles. The number of thiophene rings is 1. The molecule has 1 aromatic heterocycles. The fourth-order valence-electron chi connectivity index (χ4n) is 4.28. The van der Waals surface area contributed by atoms with Crippen LogP contribution >= 0.6 is 11.3 Å². The van der Waals surface area contributed by atoms with Crippen LogP contribution in [-0.2, 0) is 27.7 Å². The molecule has 1 atom stereocenters. The Morgan fingerprint density at radius 3 is 2.55 bits per heavy atom. The molecular weight excluding hydrogens is 438 g/mol. The number of nitrogens with two attached hydrogens (primary N) is 1. The lowest BCUT2D eigenvalue weighted by Crippen LogP contribution is -2.43. The molecule has 1 fully saturated rings. The van der Waals surface area contributed by atoms with Crippen molar-refractivity contribution >= 4 is 38.2 Å². The van der Waals surface area contributed by atoms with Crippen molar-refractivity contribution in [3.63, 3.8) is 0 Å². The van der Waals surface area contributed by atoms with Crippen molar-refractivity contribution in [1.82, 2.24) is 4.31 Å². The van der Waals surface area contributed by atoms with E-state index in [0.29, 0.717) is 29.2 Å². The van der Waals surface area contributed by atoms with Gasteiger partial charge in [0, 0.05) is 11.4 Å². The maximum absolute atomic E-state index is 13.2. The summed E-state index contributed by atoms with van der Waals surface area (Å²) in [7, 11) is -2.34. The fourth-order valence-corrected chi connectivity index (χ4v) is 7.24. The summed E-state index contributed by atoms with van der Waals surface area (Å²) in [6.45, 7) is 0.260.